The quantitative estimate of drug-likeness (QED) is 0.237. The molecule has 1 aliphatic carbocycles. The third-order valence-corrected chi connectivity index (χ3v) is 7.86. The molecular formula is C29H32BrN5O. The van der Waals surface area contributed by atoms with Crippen molar-refractivity contribution in [2.45, 2.75) is 38.1 Å². The molecule has 186 valence electrons. The lowest BCUT2D eigenvalue weighted by atomic mass is 9.81. The number of aromatic nitrogens is 2. The molecule has 1 unspecified atom stereocenters. The third-order valence-electron chi connectivity index (χ3n) is 7.40. The van der Waals surface area contributed by atoms with E-state index in [0.717, 1.165) is 64.2 Å². The topological polar surface area (TPSA) is 110 Å². The summed E-state index contributed by atoms with van der Waals surface area (Å²) in [7, 11) is 0. The first-order valence-electron chi connectivity index (χ1n) is 12.6. The summed E-state index contributed by atoms with van der Waals surface area (Å²) >= 11 is 3.71. The van der Waals surface area contributed by atoms with Crippen molar-refractivity contribution in [1.82, 2.24) is 15.5 Å². The summed E-state index contributed by atoms with van der Waals surface area (Å²) in [5.74, 6) is 1.23. The van der Waals surface area contributed by atoms with Crippen molar-refractivity contribution in [3.05, 3.63) is 82.3 Å². The maximum absolute atomic E-state index is 13.4. The lowest BCUT2D eigenvalue weighted by molar-refractivity contribution is -0.127. The average Bonchev–Trinajstić information content (AvgIpc) is 3.28. The fourth-order valence-electron chi connectivity index (χ4n) is 5.25. The number of hydrogen-bond acceptors (Lipinski definition) is 4. The number of H-pyrrole nitrogens is 1. The number of fused-ring (bicyclic) bond motifs is 1. The number of nitrogen functional groups attached to an aromatic ring is 1. The van der Waals surface area contributed by atoms with Crippen LogP contribution in [0.15, 0.2) is 71.2 Å². The van der Waals surface area contributed by atoms with Gasteiger partial charge < -0.3 is 16.8 Å². The first kappa shape index (κ1) is 24.5. The summed E-state index contributed by atoms with van der Waals surface area (Å²) in [5.41, 5.74) is 17.1. The number of benzene rings is 3. The van der Waals surface area contributed by atoms with Gasteiger partial charge in [-0.05, 0) is 97.2 Å². The molecule has 0 aliphatic heterocycles. The molecule has 1 aromatic heterocycles. The highest BCUT2D eigenvalue weighted by Gasteiger charge is 2.28. The third kappa shape index (κ3) is 5.47. The number of halogens is 1. The lowest BCUT2D eigenvalue weighted by Gasteiger charge is -2.29. The van der Waals surface area contributed by atoms with Crippen LogP contribution in [0, 0.1) is 11.8 Å². The van der Waals surface area contributed by atoms with Crippen molar-refractivity contribution in [2.75, 3.05) is 12.3 Å². The van der Waals surface area contributed by atoms with Gasteiger partial charge in [-0.25, -0.2) is 0 Å². The standard InChI is InChI=1S/C29H32BrN5O/c30-24-14-22(21-10-11-25-27(16-21)34-35-28(25)32)13-23(15-24)26(12-18-4-2-1-3-5-18)33-29(36)20-8-6-19(17-31)7-9-20/h1-5,10-11,13-16,19-20,26H,6-9,12,17,31H2,(H,33,36)(H3,32,34,35). The number of amides is 1. The second-order valence-electron chi connectivity index (χ2n) is 9.85. The van der Waals surface area contributed by atoms with E-state index in [2.05, 4.69) is 73.9 Å². The molecule has 0 spiro atoms. The van der Waals surface area contributed by atoms with Gasteiger partial charge in [-0.2, -0.15) is 5.10 Å². The lowest BCUT2D eigenvalue weighted by Crippen LogP contribution is -2.37. The van der Waals surface area contributed by atoms with Crippen LogP contribution < -0.4 is 16.8 Å². The highest BCUT2D eigenvalue weighted by Crippen LogP contribution is 2.33. The minimum atomic E-state index is -0.144. The smallest absolute Gasteiger partial charge is 0.223 e. The summed E-state index contributed by atoms with van der Waals surface area (Å²) in [6, 6.07) is 22.7. The molecule has 4 aromatic rings. The molecule has 5 rings (SSSR count). The summed E-state index contributed by atoms with van der Waals surface area (Å²) in [6.07, 6.45) is 4.58. The van der Waals surface area contributed by atoms with E-state index in [1.807, 2.05) is 24.3 Å². The number of nitrogens with two attached hydrogens (primary N) is 2. The number of nitrogens with zero attached hydrogens (tertiary/aromatic N) is 1. The molecule has 1 amide bonds. The molecule has 6 nitrogen and oxygen atoms in total. The van der Waals surface area contributed by atoms with E-state index in [0.29, 0.717) is 18.3 Å². The van der Waals surface area contributed by atoms with Gasteiger partial charge in [0.15, 0.2) is 5.82 Å². The zero-order valence-electron chi connectivity index (χ0n) is 20.2. The Kier molecular flexibility index (Phi) is 7.39. The second kappa shape index (κ2) is 10.8. The number of carbonyl (C=O) groups is 1. The summed E-state index contributed by atoms with van der Waals surface area (Å²) < 4.78 is 0.968. The first-order valence-corrected chi connectivity index (χ1v) is 13.4. The van der Waals surface area contributed by atoms with Crippen LogP contribution in [0.3, 0.4) is 0 Å². The SMILES string of the molecule is NCC1CCC(C(=O)NC(Cc2ccccc2)c2cc(Br)cc(-c3ccc4c(N)n[nH]c4c3)c2)CC1. The van der Waals surface area contributed by atoms with Gasteiger partial charge in [-0.15, -0.1) is 0 Å². The monoisotopic (exact) mass is 545 g/mol. The van der Waals surface area contributed by atoms with E-state index in [1.54, 1.807) is 0 Å². The Labute approximate surface area is 220 Å². The summed E-state index contributed by atoms with van der Waals surface area (Å²) in [6.45, 7) is 0.711. The Morgan fingerprint density at radius 2 is 1.81 bits per heavy atom. The van der Waals surface area contributed by atoms with Gasteiger partial charge in [0.2, 0.25) is 5.91 Å². The number of hydrogen-bond donors (Lipinski definition) is 4. The van der Waals surface area contributed by atoms with Gasteiger partial charge in [0.1, 0.15) is 0 Å². The molecule has 0 radical (unpaired) electrons. The summed E-state index contributed by atoms with van der Waals surface area (Å²) in [5, 5.41) is 11.4. The molecule has 1 fully saturated rings. The van der Waals surface area contributed by atoms with E-state index in [-0.39, 0.29) is 17.9 Å². The van der Waals surface area contributed by atoms with Gasteiger partial charge in [0.05, 0.1) is 11.6 Å². The predicted octanol–water partition coefficient (Wildman–Crippen LogP) is 5.74. The van der Waals surface area contributed by atoms with Crippen molar-refractivity contribution < 1.29 is 4.79 Å². The van der Waals surface area contributed by atoms with Gasteiger partial charge in [-0.3, -0.25) is 9.89 Å². The molecule has 7 heteroatoms. The van der Waals surface area contributed by atoms with Crippen molar-refractivity contribution in [2.24, 2.45) is 17.6 Å². The van der Waals surface area contributed by atoms with E-state index >= 15 is 0 Å². The van der Waals surface area contributed by atoms with Crippen LogP contribution in [0.5, 0.6) is 0 Å². The molecule has 36 heavy (non-hydrogen) atoms. The molecule has 1 saturated carbocycles. The number of anilines is 1. The van der Waals surface area contributed by atoms with Crippen molar-refractivity contribution in [3.63, 3.8) is 0 Å². The summed E-state index contributed by atoms with van der Waals surface area (Å²) in [4.78, 5) is 13.4. The Morgan fingerprint density at radius 3 is 2.56 bits per heavy atom. The van der Waals surface area contributed by atoms with Crippen LogP contribution in [0.1, 0.15) is 42.9 Å². The highest BCUT2D eigenvalue weighted by atomic mass is 79.9. The van der Waals surface area contributed by atoms with Crippen LogP contribution in [-0.2, 0) is 11.2 Å². The molecule has 0 saturated heterocycles. The zero-order valence-corrected chi connectivity index (χ0v) is 21.8. The van der Waals surface area contributed by atoms with Gasteiger partial charge >= 0.3 is 0 Å². The van der Waals surface area contributed by atoms with Gasteiger partial charge in [-0.1, -0.05) is 52.3 Å². The number of aromatic amines is 1. The first-order chi connectivity index (χ1) is 17.5. The Balaban J connectivity index is 1.45. The molecular weight excluding hydrogens is 514 g/mol. The Bertz CT molecular complexity index is 1340. The maximum atomic E-state index is 13.4. The molecule has 1 atom stereocenters. The van der Waals surface area contributed by atoms with E-state index in [1.165, 1.54) is 5.56 Å². The largest absolute Gasteiger partial charge is 0.382 e. The van der Waals surface area contributed by atoms with Crippen LogP contribution in [0.4, 0.5) is 5.82 Å². The Hall–Kier alpha value is -3.16. The van der Waals surface area contributed by atoms with E-state index < -0.39 is 0 Å². The van der Waals surface area contributed by atoms with Crippen LogP contribution in [0.25, 0.3) is 22.0 Å². The highest BCUT2D eigenvalue weighted by molar-refractivity contribution is 9.10. The number of carbonyl (C=O) groups excluding carboxylic acids is 1. The minimum Gasteiger partial charge on any atom is -0.382 e. The zero-order chi connectivity index (χ0) is 25.1. The van der Waals surface area contributed by atoms with Crippen molar-refractivity contribution >= 4 is 38.6 Å². The maximum Gasteiger partial charge on any atom is 0.223 e. The van der Waals surface area contributed by atoms with Crippen molar-refractivity contribution in [1.29, 1.82) is 0 Å². The van der Waals surface area contributed by atoms with Crippen LogP contribution in [-0.4, -0.2) is 22.6 Å². The van der Waals surface area contributed by atoms with Crippen LogP contribution in [0.2, 0.25) is 0 Å². The number of rotatable bonds is 7. The minimum absolute atomic E-state index is 0.0472. The molecule has 3 aromatic carbocycles. The molecule has 1 aliphatic rings. The van der Waals surface area contributed by atoms with E-state index in [9.17, 15) is 4.79 Å². The molecule has 0 bridgehead atoms. The fourth-order valence-corrected chi connectivity index (χ4v) is 5.76. The fraction of sp³-hybridized carbons (Fsp3) is 0.310. The van der Waals surface area contributed by atoms with E-state index in [4.69, 9.17) is 11.5 Å². The average molecular weight is 547 g/mol. The normalized spacial score (nSPS) is 18.7. The van der Waals surface area contributed by atoms with Crippen LogP contribution >= 0.6 is 15.9 Å². The van der Waals surface area contributed by atoms with Gasteiger partial charge in [0, 0.05) is 15.8 Å². The van der Waals surface area contributed by atoms with Gasteiger partial charge in [0.25, 0.3) is 0 Å². The van der Waals surface area contributed by atoms with Crippen molar-refractivity contribution in [3.8, 4) is 11.1 Å². The predicted molar refractivity (Wildman–Crippen MR) is 149 cm³/mol. The molecule has 6 N–H and O–H groups in total. The molecule has 1 heterocycles. The number of nitrogens with one attached hydrogen (secondary N) is 2. The second-order valence-corrected chi connectivity index (χ2v) is 10.8. The Morgan fingerprint density at radius 1 is 1.03 bits per heavy atom.